The highest BCUT2D eigenvalue weighted by Gasteiger charge is 2.18. The van der Waals surface area contributed by atoms with Gasteiger partial charge in [0.05, 0.1) is 11.7 Å². The van der Waals surface area contributed by atoms with Crippen LogP contribution in [-0.4, -0.2) is 18.7 Å². The molecule has 0 aliphatic rings. The van der Waals surface area contributed by atoms with Gasteiger partial charge in [-0.05, 0) is 60.1 Å². The third-order valence-electron chi connectivity index (χ3n) is 8.19. The number of esters is 1. The quantitative estimate of drug-likeness (QED) is 0.100. The van der Waals surface area contributed by atoms with Gasteiger partial charge in [-0.2, -0.15) is 0 Å². The number of hydrogen-bond donors (Lipinski definition) is 0. The second-order valence-corrected chi connectivity index (χ2v) is 11.7. The summed E-state index contributed by atoms with van der Waals surface area (Å²) in [5.41, 5.74) is 6.10. The molecule has 0 saturated heterocycles. The van der Waals surface area contributed by atoms with Crippen LogP contribution >= 0.6 is 0 Å². The Balaban J connectivity index is 1.55. The van der Waals surface area contributed by atoms with Gasteiger partial charge in [0, 0.05) is 6.61 Å². The molecule has 3 heteroatoms. The number of hydrogen-bond acceptors (Lipinski definition) is 3. The number of carbonyl (C=O) groups excluding carboxylic acids is 1. The summed E-state index contributed by atoms with van der Waals surface area (Å²) in [6.45, 7) is 9.55. The molecule has 0 heterocycles. The maximum atomic E-state index is 13.2. The molecular weight excluding hydrogens is 516 g/mol. The Morgan fingerprint density at radius 3 is 1.83 bits per heavy atom. The lowest BCUT2D eigenvalue weighted by Gasteiger charge is -2.18. The molecule has 0 saturated carbocycles. The smallest absolute Gasteiger partial charge is 0.339 e. The maximum Gasteiger partial charge on any atom is 0.339 e. The van der Waals surface area contributed by atoms with E-state index in [0.717, 1.165) is 61.8 Å². The van der Waals surface area contributed by atoms with E-state index in [4.69, 9.17) is 9.47 Å². The highest BCUT2D eigenvalue weighted by molar-refractivity contribution is 5.97. The molecule has 0 radical (unpaired) electrons. The topological polar surface area (TPSA) is 35.5 Å². The average molecular weight is 571 g/mol. The molecule has 0 fully saturated rings. The van der Waals surface area contributed by atoms with Gasteiger partial charge in [-0.15, -0.1) is 0 Å². The predicted molar refractivity (Wildman–Crippen MR) is 178 cm³/mol. The third-order valence-corrected chi connectivity index (χ3v) is 8.19. The van der Waals surface area contributed by atoms with E-state index in [2.05, 4.69) is 76.2 Å². The number of carbonyl (C=O) groups is 1. The fourth-order valence-corrected chi connectivity index (χ4v) is 5.52. The van der Waals surface area contributed by atoms with Crippen molar-refractivity contribution < 1.29 is 14.3 Å². The Hall–Kier alpha value is -2.91. The summed E-state index contributed by atoms with van der Waals surface area (Å²) in [5.74, 6) is -0.224. The minimum absolute atomic E-state index is 0.0147. The van der Waals surface area contributed by atoms with Crippen molar-refractivity contribution >= 4 is 5.97 Å². The molecule has 42 heavy (non-hydrogen) atoms. The molecular formula is C39H54O3. The Bertz CT molecular complexity index is 1150. The van der Waals surface area contributed by atoms with Gasteiger partial charge < -0.3 is 9.47 Å². The summed E-state index contributed by atoms with van der Waals surface area (Å²) < 4.78 is 12.1. The molecule has 0 N–H and O–H groups in total. The summed E-state index contributed by atoms with van der Waals surface area (Å²) in [4.78, 5) is 13.2. The highest BCUT2D eigenvalue weighted by atomic mass is 16.5. The Morgan fingerprint density at radius 1 is 0.619 bits per heavy atom. The van der Waals surface area contributed by atoms with E-state index in [9.17, 15) is 4.79 Å². The first kappa shape index (κ1) is 33.6. The van der Waals surface area contributed by atoms with E-state index in [1.54, 1.807) is 0 Å². The van der Waals surface area contributed by atoms with Crippen LogP contribution in [-0.2, 0) is 9.47 Å². The van der Waals surface area contributed by atoms with E-state index in [1.165, 1.54) is 56.1 Å². The molecule has 0 bridgehead atoms. The van der Waals surface area contributed by atoms with Gasteiger partial charge in [0.15, 0.2) is 0 Å². The second kappa shape index (κ2) is 19.3. The summed E-state index contributed by atoms with van der Waals surface area (Å²) in [6, 6.07) is 25.0. The third kappa shape index (κ3) is 11.1. The molecule has 3 aromatic rings. The minimum Gasteiger partial charge on any atom is -0.459 e. The van der Waals surface area contributed by atoms with Crippen LogP contribution in [0.15, 0.2) is 72.8 Å². The van der Waals surface area contributed by atoms with Crippen LogP contribution in [0.2, 0.25) is 0 Å². The predicted octanol–water partition coefficient (Wildman–Crippen LogP) is 11.8. The highest BCUT2D eigenvalue weighted by Crippen LogP contribution is 2.29. The molecule has 3 aromatic carbocycles. The zero-order chi connectivity index (χ0) is 30.0. The van der Waals surface area contributed by atoms with Gasteiger partial charge in [-0.1, -0.05) is 152 Å². The normalized spacial score (nSPS) is 12.7. The van der Waals surface area contributed by atoms with Crippen molar-refractivity contribution in [1.82, 2.24) is 0 Å². The molecule has 0 amide bonds. The molecule has 0 aliphatic heterocycles. The lowest BCUT2D eigenvalue weighted by molar-refractivity contribution is 0.0255. The van der Waals surface area contributed by atoms with Crippen LogP contribution in [0.4, 0.5) is 0 Å². The van der Waals surface area contributed by atoms with Crippen molar-refractivity contribution in [2.24, 2.45) is 0 Å². The molecule has 2 unspecified atom stereocenters. The Labute approximate surface area is 256 Å². The van der Waals surface area contributed by atoms with Crippen LogP contribution in [0.3, 0.4) is 0 Å². The van der Waals surface area contributed by atoms with E-state index >= 15 is 0 Å². The molecule has 3 nitrogen and oxygen atoms in total. The first-order valence-electron chi connectivity index (χ1n) is 16.7. The summed E-state index contributed by atoms with van der Waals surface area (Å²) in [6.07, 6.45) is 15.6. The first-order valence-corrected chi connectivity index (χ1v) is 16.7. The number of benzene rings is 3. The van der Waals surface area contributed by atoms with Gasteiger partial charge in [0.25, 0.3) is 0 Å². The van der Waals surface area contributed by atoms with Crippen LogP contribution in [0.1, 0.15) is 133 Å². The van der Waals surface area contributed by atoms with Gasteiger partial charge in [0.2, 0.25) is 0 Å². The fraction of sp³-hybridized carbons (Fsp3) is 0.513. The number of unbranched alkanes of at least 4 members (excludes halogenated alkanes) is 8. The van der Waals surface area contributed by atoms with E-state index in [1.807, 2.05) is 24.3 Å². The van der Waals surface area contributed by atoms with Crippen LogP contribution in [0.5, 0.6) is 0 Å². The van der Waals surface area contributed by atoms with Crippen LogP contribution < -0.4 is 0 Å². The molecule has 0 aromatic heterocycles. The Kier molecular flexibility index (Phi) is 15.4. The zero-order valence-electron chi connectivity index (χ0n) is 26.7. The van der Waals surface area contributed by atoms with Crippen molar-refractivity contribution in [3.63, 3.8) is 0 Å². The first-order chi connectivity index (χ1) is 20.6. The van der Waals surface area contributed by atoms with E-state index in [0.29, 0.717) is 5.56 Å². The molecule has 2 atom stereocenters. The lowest BCUT2D eigenvalue weighted by atomic mass is 9.96. The summed E-state index contributed by atoms with van der Waals surface area (Å²) in [5, 5.41) is 0. The number of ether oxygens (including phenoxy) is 2. The fourth-order valence-electron chi connectivity index (χ4n) is 5.52. The molecule has 228 valence electrons. The monoisotopic (exact) mass is 570 g/mol. The van der Waals surface area contributed by atoms with Gasteiger partial charge in [-0.3, -0.25) is 0 Å². The van der Waals surface area contributed by atoms with Crippen LogP contribution in [0.25, 0.3) is 22.3 Å². The van der Waals surface area contributed by atoms with E-state index in [-0.39, 0.29) is 18.2 Å². The van der Waals surface area contributed by atoms with Crippen molar-refractivity contribution in [2.75, 3.05) is 6.61 Å². The van der Waals surface area contributed by atoms with Crippen LogP contribution in [0, 0.1) is 0 Å². The summed E-state index contributed by atoms with van der Waals surface area (Å²) >= 11 is 0. The van der Waals surface area contributed by atoms with Gasteiger partial charge in [-0.25, -0.2) is 4.79 Å². The summed E-state index contributed by atoms with van der Waals surface area (Å²) in [7, 11) is 0. The van der Waals surface area contributed by atoms with Crippen molar-refractivity contribution in [1.29, 1.82) is 0 Å². The largest absolute Gasteiger partial charge is 0.459 e. The SMILES string of the molecule is CCCCCCCCCCOC(C)c1ccc(-c2ccc(-c3ccccc3C(=O)OC(CCC)CCCC)cc2)cc1. The molecule has 0 aliphatic carbocycles. The maximum absolute atomic E-state index is 13.2. The lowest BCUT2D eigenvalue weighted by Crippen LogP contribution is -2.18. The average Bonchev–Trinajstić information content (AvgIpc) is 3.03. The molecule has 3 rings (SSSR count). The Morgan fingerprint density at radius 2 is 1.19 bits per heavy atom. The van der Waals surface area contributed by atoms with Crippen molar-refractivity contribution in [3.8, 4) is 22.3 Å². The van der Waals surface area contributed by atoms with Gasteiger partial charge >= 0.3 is 5.97 Å². The van der Waals surface area contributed by atoms with E-state index < -0.39 is 0 Å². The van der Waals surface area contributed by atoms with Gasteiger partial charge in [0.1, 0.15) is 6.10 Å². The molecule has 0 spiro atoms. The van der Waals surface area contributed by atoms with Crippen molar-refractivity contribution in [2.45, 2.75) is 123 Å². The standard InChI is InChI=1S/C39H54O3/c1-5-8-10-11-12-13-14-17-30-41-31(4)32-22-24-33(25-23-32)34-26-28-35(29-27-34)37-20-15-16-21-38(37)39(40)42-36(18-7-3)19-9-6-2/h15-16,20-29,31,36H,5-14,17-19,30H2,1-4H3. The number of rotatable bonds is 20. The second-order valence-electron chi connectivity index (χ2n) is 11.7. The zero-order valence-corrected chi connectivity index (χ0v) is 26.7. The van der Waals surface area contributed by atoms with Crippen molar-refractivity contribution in [3.05, 3.63) is 83.9 Å². The minimum atomic E-state index is -0.224.